The van der Waals surface area contributed by atoms with Crippen molar-refractivity contribution in [1.82, 2.24) is 15.1 Å². The molecule has 150 valence electrons. The van der Waals surface area contributed by atoms with Crippen molar-refractivity contribution in [2.24, 2.45) is 0 Å². The molecule has 0 aliphatic heterocycles. The van der Waals surface area contributed by atoms with Crippen LogP contribution in [0.2, 0.25) is 10.0 Å². The number of rotatable bonds is 4. The number of aromatic nitrogens is 3. The van der Waals surface area contributed by atoms with Gasteiger partial charge in [0.25, 0.3) is 0 Å². The van der Waals surface area contributed by atoms with Crippen molar-refractivity contribution >= 4 is 40.7 Å². The first kappa shape index (κ1) is 20.0. The van der Waals surface area contributed by atoms with Crippen LogP contribution in [0.4, 0.5) is 16.0 Å². The summed E-state index contributed by atoms with van der Waals surface area (Å²) in [5.74, 6) is -1.10. The van der Waals surface area contributed by atoms with E-state index in [0.717, 1.165) is 4.90 Å². The number of carbonyl (C=O) groups excluding carboxylic acids is 1. The molecule has 0 saturated heterocycles. The molecule has 0 radical (unpaired) electrons. The quantitative estimate of drug-likeness (QED) is 0.391. The average Bonchev–Trinajstić information content (AvgIpc) is 3.14. The van der Waals surface area contributed by atoms with E-state index < -0.39 is 11.7 Å². The van der Waals surface area contributed by atoms with E-state index in [-0.39, 0.29) is 17.3 Å². The number of benzene rings is 2. The normalized spacial score (nSPS) is 10.8. The lowest BCUT2D eigenvalue weighted by Crippen LogP contribution is -2.24. The van der Waals surface area contributed by atoms with Crippen molar-refractivity contribution in [1.29, 1.82) is 0 Å². The largest absolute Gasteiger partial charge is 0.336 e. The van der Waals surface area contributed by atoms with Gasteiger partial charge in [-0.2, -0.15) is 0 Å². The maximum Gasteiger partial charge on any atom is 0.248 e. The molecule has 0 fully saturated rings. The Morgan fingerprint density at radius 1 is 1.03 bits per heavy atom. The number of halogens is 3. The summed E-state index contributed by atoms with van der Waals surface area (Å²) in [5, 5.41) is 4.79. The van der Waals surface area contributed by atoms with Gasteiger partial charge in [-0.25, -0.2) is 19.3 Å². The highest BCUT2D eigenvalue weighted by Crippen LogP contribution is 2.45. The van der Waals surface area contributed by atoms with E-state index in [2.05, 4.69) is 15.1 Å². The Hall–Kier alpha value is -3.29. The van der Waals surface area contributed by atoms with Gasteiger partial charge in [-0.15, -0.1) is 0 Å². The molecular formula is C21H13Cl2FN4O2. The molecule has 6 nitrogen and oxygen atoms in total. The summed E-state index contributed by atoms with van der Waals surface area (Å²) < 4.78 is 20.1. The molecule has 0 bridgehead atoms. The first-order valence-corrected chi connectivity index (χ1v) is 9.50. The lowest BCUT2D eigenvalue weighted by Gasteiger charge is -2.19. The van der Waals surface area contributed by atoms with Gasteiger partial charge in [0.2, 0.25) is 11.8 Å². The Bertz CT molecular complexity index is 1210. The van der Waals surface area contributed by atoms with E-state index in [1.165, 1.54) is 37.6 Å². The summed E-state index contributed by atoms with van der Waals surface area (Å²) in [7, 11) is 0. The second kappa shape index (κ2) is 8.22. The van der Waals surface area contributed by atoms with E-state index in [4.69, 9.17) is 27.7 Å². The summed E-state index contributed by atoms with van der Waals surface area (Å²) in [4.78, 5) is 21.8. The molecule has 2 heterocycles. The SMILES string of the molecule is CC(=O)N(c1ccccc1F)c1onc(-c2c(Cl)cccc2Cl)c1-c1ccncn1. The third-order valence-electron chi connectivity index (χ3n) is 4.32. The van der Waals surface area contributed by atoms with E-state index in [0.29, 0.717) is 26.9 Å². The van der Waals surface area contributed by atoms with Crippen LogP contribution in [-0.2, 0) is 4.79 Å². The fourth-order valence-electron chi connectivity index (χ4n) is 3.05. The molecule has 0 unspecified atom stereocenters. The van der Waals surface area contributed by atoms with Crippen LogP contribution in [0.1, 0.15) is 6.92 Å². The highest BCUT2D eigenvalue weighted by Gasteiger charge is 2.31. The molecule has 30 heavy (non-hydrogen) atoms. The van der Waals surface area contributed by atoms with Gasteiger partial charge in [-0.05, 0) is 30.3 Å². The molecular weight excluding hydrogens is 430 g/mol. The Morgan fingerprint density at radius 2 is 1.77 bits per heavy atom. The zero-order valence-electron chi connectivity index (χ0n) is 15.5. The molecule has 2 aromatic carbocycles. The summed E-state index contributed by atoms with van der Waals surface area (Å²) in [6.45, 7) is 1.29. The molecule has 0 spiro atoms. The van der Waals surface area contributed by atoms with Gasteiger partial charge in [0.15, 0.2) is 0 Å². The van der Waals surface area contributed by atoms with Gasteiger partial charge in [0, 0.05) is 18.7 Å². The topological polar surface area (TPSA) is 72.1 Å². The Morgan fingerprint density at radius 3 is 2.40 bits per heavy atom. The second-order valence-electron chi connectivity index (χ2n) is 6.21. The van der Waals surface area contributed by atoms with Crippen molar-refractivity contribution < 1.29 is 13.7 Å². The van der Waals surface area contributed by atoms with Gasteiger partial charge < -0.3 is 4.52 Å². The molecule has 0 aliphatic carbocycles. The molecule has 0 aliphatic rings. The highest BCUT2D eigenvalue weighted by molar-refractivity contribution is 6.39. The highest BCUT2D eigenvalue weighted by atomic mass is 35.5. The van der Waals surface area contributed by atoms with Crippen LogP contribution in [-0.4, -0.2) is 21.0 Å². The minimum atomic E-state index is -0.602. The molecule has 4 aromatic rings. The van der Waals surface area contributed by atoms with Crippen LogP contribution in [0.5, 0.6) is 0 Å². The Kier molecular flexibility index (Phi) is 5.48. The lowest BCUT2D eigenvalue weighted by molar-refractivity contribution is -0.116. The van der Waals surface area contributed by atoms with E-state index in [1.807, 2.05) is 0 Å². The number of nitrogens with zero attached hydrogens (tertiary/aromatic N) is 4. The average molecular weight is 443 g/mol. The van der Waals surface area contributed by atoms with Crippen molar-refractivity contribution in [3.05, 3.63) is 76.9 Å². The third kappa shape index (κ3) is 3.53. The summed E-state index contributed by atoms with van der Waals surface area (Å²) >= 11 is 12.8. The second-order valence-corrected chi connectivity index (χ2v) is 7.02. The minimum Gasteiger partial charge on any atom is -0.336 e. The van der Waals surface area contributed by atoms with Crippen LogP contribution >= 0.6 is 23.2 Å². The summed E-state index contributed by atoms with van der Waals surface area (Å²) in [5.41, 5.74) is 1.40. The lowest BCUT2D eigenvalue weighted by atomic mass is 10.0. The molecule has 0 saturated carbocycles. The van der Waals surface area contributed by atoms with Crippen LogP contribution in [0.25, 0.3) is 22.5 Å². The predicted molar refractivity (Wildman–Crippen MR) is 112 cm³/mol. The number of hydrogen-bond acceptors (Lipinski definition) is 5. The minimum absolute atomic E-state index is 0.00765. The van der Waals surface area contributed by atoms with E-state index in [9.17, 15) is 9.18 Å². The van der Waals surface area contributed by atoms with Gasteiger partial charge >= 0.3 is 0 Å². The Labute approximate surface area is 180 Å². The first-order chi connectivity index (χ1) is 14.5. The van der Waals surface area contributed by atoms with E-state index in [1.54, 1.807) is 30.3 Å². The van der Waals surface area contributed by atoms with Crippen LogP contribution < -0.4 is 4.90 Å². The Balaban J connectivity index is 2.03. The number of anilines is 2. The zero-order valence-corrected chi connectivity index (χ0v) is 17.0. The number of para-hydroxylation sites is 1. The van der Waals surface area contributed by atoms with Gasteiger partial charge in [0.1, 0.15) is 17.8 Å². The van der Waals surface area contributed by atoms with Crippen molar-refractivity contribution in [3.8, 4) is 22.5 Å². The summed E-state index contributed by atoms with van der Waals surface area (Å²) in [6.07, 6.45) is 2.86. The monoisotopic (exact) mass is 442 g/mol. The van der Waals surface area contributed by atoms with Gasteiger partial charge in [-0.3, -0.25) is 4.79 Å². The molecule has 4 rings (SSSR count). The molecule has 1 amide bonds. The molecule has 9 heteroatoms. The van der Waals surface area contributed by atoms with E-state index >= 15 is 0 Å². The standard InChI is InChI=1S/C21H13Cl2FN4O2/c1-12(29)28(17-8-3-2-7-15(17)24)21-19(16-9-10-25-11-26-16)20(27-30-21)18-13(22)5-4-6-14(18)23/h2-11H,1H3. The smallest absolute Gasteiger partial charge is 0.248 e. The number of carbonyl (C=O) groups is 1. The first-order valence-electron chi connectivity index (χ1n) is 8.74. The summed E-state index contributed by atoms with van der Waals surface area (Å²) in [6, 6.07) is 12.5. The zero-order chi connectivity index (χ0) is 21.3. The fourth-order valence-corrected chi connectivity index (χ4v) is 3.63. The maximum absolute atomic E-state index is 14.6. The van der Waals surface area contributed by atoms with Crippen LogP contribution in [0, 0.1) is 5.82 Å². The fraction of sp³-hybridized carbons (Fsp3) is 0.0476. The molecule has 0 N–H and O–H groups in total. The van der Waals surface area contributed by atoms with Crippen LogP contribution in [0.3, 0.4) is 0 Å². The molecule has 0 atom stereocenters. The van der Waals surface area contributed by atoms with Gasteiger partial charge in [0.05, 0.1) is 27.0 Å². The maximum atomic E-state index is 14.6. The third-order valence-corrected chi connectivity index (χ3v) is 4.95. The van der Waals surface area contributed by atoms with Crippen molar-refractivity contribution in [2.45, 2.75) is 6.92 Å². The van der Waals surface area contributed by atoms with Crippen molar-refractivity contribution in [3.63, 3.8) is 0 Å². The number of amides is 1. The van der Waals surface area contributed by atoms with Crippen molar-refractivity contribution in [2.75, 3.05) is 4.90 Å². The molecule has 2 aromatic heterocycles. The predicted octanol–water partition coefficient (Wildman–Crippen LogP) is 5.93. The van der Waals surface area contributed by atoms with Gasteiger partial charge in [-0.1, -0.05) is 46.6 Å². The van der Waals surface area contributed by atoms with Crippen LogP contribution in [0.15, 0.2) is 65.6 Å². The number of hydrogen-bond donors (Lipinski definition) is 0.